The molecule has 0 saturated carbocycles. The first-order chi connectivity index (χ1) is 14.2. The van der Waals surface area contributed by atoms with E-state index in [1.54, 1.807) is 22.8 Å². The number of nitrogens with one attached hydrogen (secondary N) is 1. The van der Waals surface area contributed by atoms with Gasteiger partial charge in [-0.2, -0.15) is 5.10 Å². The van der Waals surface area contributed by atoms with E-state index in [4.69, 9.17) is 4.42 Å². The Morgan fingerprint density at radius 2 is 2.00 bits per heavy atom. The third kappa shape index (κ3) is 4.81. The summed E-state index contributed by atoms with van der Waals surface area (Å²) in [6.45, 7) is 10.3. The molecular formula is C22H31N5O3. The van der Waals surface area contributed by atoms with Crippen LogP contribution in [0.5, 0.6) is 0 Å². The van der Waals surface area contributed by atoms with E-state index in [0.29, 0.717) is 35.8 Å². The number of anilines is 1. The minimum Gasteiger partial charge on any atom is -0.408 e. The van der Waals surface area contributed by atoms with Crippen molar-refractivity contribution >= 4 is 22.7 Å². The van der Waals surface area contributed by atoms with Crippen LogP contribution in [0.1, 0.15) is 30.8 Å². The monoisotopic (exact) mass is 413 g/mol. The van der Waals surface area contributed by atoms with E-state index in [9.17, 15) is 9.59 Å². The van der Waals surface area contributed by atoms with Crippen LogP contribution in [-0.2, 0) is 24.3 Å². The molecule has 2 aromatic heterocycles. The number of fused-ring (bicyclic) bond motifs is 1. The summed E-state index contributed by atoms with van der Waals surface area (Å²) in [5.41, 5.74) is 4.69. The van der Waals surface area contributed by atoms with Crippen LogP contribution in [0.4, 0.5) is 5.69 Å². The van der Waals surface area contributed by atoms with Gasteiger partial charge in [-0.1, -0.05) is 13.8 Å². The molecule has 8 heteroatoms. The van der Waals surface area contributed by atoms with Gasteiger partial charge in [0.2, 0.25) is 5.91 Å². The second-order valence-electron chi connectivity index (χ2n) is 8.46. The quantitative estimate of drug-likeness (QED) is 0.614. The molecule has 3 rings (SSSR count). The number of rotatable bonds is 8. The molecule has 162 valence electrons. The van der Waals surface area contributed by atoms with Crippen molar-refractivity contribution in [1.82, 2.24) is 19.2 Å². The summed E-state index contributed by atoms with van der Waals surface area (Å²) in [6.07, 6.45) is 0.257. The predicted molar refractivity (Wildman–Crippen MR) is 118 cm³/mol. The van der Waals surface area contributed by atoms with Gasteiger partial charge >= 0.3 is 5.76 Å². The first kappa shape index (κ1) is 21.8. The second kappa shape index (κ2) is 8.87. The van der Waals surface area contributed by atoms with Gasteiger partial charge in [-0.3, -0.25) is 14.0 Å². The maximum atomic E-state index is 12.7. The molecule has 1 amide bonds. The lowest BCUT2D eigenvalue weighted by Crippen LogP contribution is -2.23. The molecular weight excluding hydrogens is 382 g/mol. The van der Waals surface area contributed by atoms with Crippen LogP contribution in [0.2, 0.25) is 0 Å². The van der Waals surface area contributed by atoms with Crippen molar-refractivity contribution in [3.63, 3.8) is 0 Å². The number of likely N-dealkylation sites (N-methyl/N-ethyl adjacent to an activating group) is 1. The van der Waals surface area contributed by atoms with E-state index in [1.807, 2.05) is 37.5 Å². The minimum atomic E-state index is -0.390. The Morgan fingerprint density at radius 1 is 1.27 bits per heavy atom. The van der Waals surface area contributed by atoms with E-state index in [1.165, 1.54) is 0 Å². The average molecular weight is 414 g/mol. The highest BCUT2D eigenvalue weighted by Gasteiger charge is 2.16. The summed E-state index contributed by atoms with van der Waals surface area (Å²) in [5, 5.41) is 7.53. The predicted octanol–water partition coefficient (Wildman–Crippen LogP) is 2.81. The molecule has 1 N–H and O–H groups in total. The van der Waals surface area contributed by atoms with E-state index >= 15 is 0 Å². The molecule has 3 aromatic rings. The van der Waals surface area contributed by atoms with Gasteiger partial charge in [-0.15, -0.1) is 0 Å². The molecule has 0 unspecified atom stereocenters. The van der Waals surface area contributed by atoms with Gasteiger partial charge in [0.25, 0.3) is 0 Å². The zero-order valence-electron chi connectivity index (χ0n) is 18.7. The van der Waals surface area contributed by atoms with Crippen LogP contribution >= 0.6 is 0 Å². The smallest absolute Gasteiger partial charge is 0.408 e. The van der Waals surface area contributed by atoms with E-state index in [0.717, 1.165) is 23.5 Å². The topological polar surface area (TPSA) is 85.3 Å². The van der Waals surface area contributed by atoms with Crippen molar-refractivity contribution in [2.24, 2.45) is 5.92 Å². The Labute approximate surface area is 176 Å². The van der Waals surface area contributed by atoms with Gasteiger partial charge in [-0.25, -0.2) is 4.79 Å². The standard InChI is InChI=1S/C22H31N5O3/c1-14(2)13-27-16(4)18(15(3)24-27)12-21(28)23-17-7-8-20-19(11-17)26(22(29)30-20)10-9-25(5)6/h7-8,11,14H,9-10,12-13H2,1-6H3,(H,23,28). The van der Waals surface area contributed by atoms with Crippen LogP contribution in [0.3, 0.4) is 0 Å². The average Bonchev–Trinajstić information content (AvgIpc) is 3.09. The Bertz CT molecular complexity index is 1100. The number of oxazole rings is 1. The van der Waals surface area contributed by atoms with Crippen molar-refractivity contribution in [3.8, 4) is 0 Å². The Balaban J connectivity index is 1.78. The highest BCUT2D eigenvalue weighted by atomic mass is 16.4. The molecule has 0 bridgehead atoms. The Kier molecular flexibility index (Phi) is 6.45. The number of aromatic nitrogens is 3. The van der Waals surface area contributed by atoms with E-state index in [-0.39, 0.29) is 18.1 Å². The first-order valence-corrected chi connectivity index (χ1v) is 10.3. The van der Waals surface area contributed by atoms with E-state index < -0.39 is 0 Å². The van der Waals surface area contributed by atoms with Crippen LogP contribution in [0, 0.1) is 19.8 Å². The van der Waals surface area contributed by atoms with Crippen molar-refractivity contribution < 1.29 is 9.21 Å². The van der Waals surface area contributed by atoms with Crippen LogP contribution < -0.4 is 11.1 Å². The van der Waals surface area contributed by atoms with Gasteiger partial charge in [0.15, 0.2) is 5.58 Å². The zero-order chi connectivity index (χ0) is 22.0. The molecule has 0 atom stereocenters. The number of carbonyl (C=O) groups is 1. The molecule has 1 aromatic carbocycles. The summed E-state index contributed by atoms with van der Waals surface area (Å²) in [7, 11) is 3.90. The summed E-state index contributed by atoms with van der Waals surface area (Å²) in [6, 6.07) is 5.26. The van der Waals surface area contributed by atoms with Gasteiger partial charge in [0.1, 0.15) is 0 Å². The molecule has 30 heavy (non-hydrogen) atoms. The molecule has 0 aliphatic rings. The van der Waals surface area contributed by atoms with Gasteiger partial charge < -0.3 is 14.6 Å². The van der Waals surface area contributed by atoms with Crippen molar-refractivity contribution in [2.75, 3.05) is 26.0 Å². The summed E-state index contributed by atoms with van der Waals surface area (Å²) in [5.74, 6) is -0.0223. The van der Waals surface area contributed by atoms with Crippen LogP contribution in [-0.4, -0.2) is 45.8 Å². The van der Waals surface area contributed by atoms with E-state index in [2.05, 4.69) is 24.3 Å². The molecule has 0 spiro atoms. The van der Waals surface area contributed by atoms with Crippen molar-refractivity contribution in [3.05, 3.63) is 45.7 Å². The Morgan fingerprint density at radius 3 is 2.67 bits per heavy atom. The fourth-order valence-electron chi connectivity index (χ4n) is 3.53. The van der Waals surface area contributed by atoms with Crippen molar-refractivity contribution in [2.45, 2.75) is 47.2 Å². The summed E-state index contributed by atoms with van der Waals surface area (Å²) in [4.78, 5) is 26.9. The van der Waals surface area contributed by atoms with Gasteiger partial charge in [-0.05, 0) is 52.1 Å². The van der Waals surface area contributed by atoms with Crippen LogP contribution in [0.25, 0.3) is 11.1 Å². The molecule has 0 aliphatic heterocycles. The lowest BCUT2D eigenvalue weighted by molar-refractivity contribution is -0.115. The van der Waals surface area contributed by atoms with Gasteiger partial charge in [0.05, 0.1) is 17.6 Å². The number of hydrogen-bond donors (Lipinski definition) is 1. The lowest BCUT2D eigenvalue weighted by atomic mass is 10.1. The highest BCUT2D eigenvalue weighted by Crippen LogP contribution is 2.20. The highest BCUT2D eigenvalue weighted by molar-refractivity contribution is 5.94. The first-order valence-electron chi connectivity index (χ1n) is 10.3. The van der Waals surface area contributed by atoms with Crippen molar-refractivity contribution in [1.29, 1.82) is 0 Å². The number of benzene rings is 1. The third-order valence-electron chi connectivity index (χ3n) is 5.13. The number of amides is 1. The number of nitrogens with zero attached hydrogens (tertiary/aromatic N) is 4. The molecule has 0 fully saturated rings. The lowest BCUT2D eigenvalue weighted by Gasteiger charge is -2.10. The maximum absolute atomic E-state index is 12.7. The number of hydrogen-bond acceptors (Lipinski definition) is 5. The SMILES string of the molecule is Cc1nn(CC(C)C)c(C)c1CC(=O)Nc1ccc2oc(=O)n(CCN(C)C)c2c1. The number of aryl methyl sites for hydroxylation is 1. The third-order valence-corrected chi connectivity index (χ3v) is 5.13. The largest absolute Gasteiger partial charge is 0.419 e. The molecule has 8 nitrogen and oxygen atoms in total. The van der Waals surface area contributed by atoms with Gasteiger partial charge in [0, 0.05) is 36.6 Å². The molecule has 0 radical (unpaired) electrons. The second-order valence-corrected chi connectivity index (χ2v) is 8.46. The maximum Gasteiger partial charge on any atom is 0.419 e. The summed E-state index contributed by atoms with van der Waals surface area (Å²) < 4.78 is 8.89. The fourth-order valence-corrected chi connectivity index (χ4v) is 3.53. The minimum absolute atomic E-state index is 0.115. The Hall–Kier alpha value is -2.87. The zero-order valence-corrected chi connectivity index (χ0v) is 18.7. The fraction of sp³-hybridized carbons (Fsp3) is 0.500. The normalized spacial score (nSPS) is 11.7. The van der Waals surface area contributed by atoms with Crippen LogP contribution in [0.15, 0.2) is 27.4 Å². The molecule has 2 heterocycles. The summed E-state index contributed by atoms with van der Waals surface area (Å²) >= 11 is 0. The molecule has 0 saturated heterocycles. The number of carbonyl (C=O) groups excluding carboxylic acids is 1. The molecule has 0 aliphatic carbocycles.